The minimum Gasteiger partial charge on any atom is -0.496 e. The van der Waals surface area contributed by atoms with Gasteiger partial charge in [0.2, 0.25) is 0 Å². The van der Waals surface area contributed by atoms with Crippen LogP contribution in [0.1, 0.15) is 23.2 Å². The van der Waals surface area contributed by atoms with Gasteiger partial charge in [0.1, 0.15) is 11.3 Å². The number of nitrogens with zero attached hydrogens (tertiary/aromatic N) is 1. The van der Waals surface area contributed by atoms with E-state index in [4.69, 9.17) is 9.57 Å². The predicted molar refractivity (Wildman–Crippen MR) is 72.2 cm³/mol. The van der Waals surface area contributed by atoms with Crippen LogP contribution in [-0.4, -0.2) is 30.0 Å². The standard InChI is InChI=1S/C12H10INO5/c1-18-9-6-7(13)2-3-8(9)12(17)19-14-10(15)4-5-11(14)16/h2-3,6H,4-5H2,1H3. The molecule has 2 rings (SSSR count). The van der Waals surface area contributed by atoms with E-state index in [1.807, 2.05) is 0 Å². The Hall–Kier alpha value is -1.64. The van der Waals surface area contributed by atoms with Gasteiger partial charge in [0, 0.05) is 16.4 Å². The molecule has 2 amide bonds. The van der Waals surface area contributed by atoms with Gasteiger partial charge in [-0.05, 0) is 40.8 Å². The third kappa shape index (κ3) is 2.86. The summed E-state index contributed by atoms with van der Waals surface area (Å²) >= 11 is 2.07. The molecule has 1 saturated heterocycles. The third-order valence-electron chi connectivity index (χ3n) is 2.56. The molecule has 0 N–H and O–H groups in total. The van der Waals surface area contributed by atoms with Crippen LogP contribution in [0.3, 0.4) is 0 Å². The first-order valence-electron chi connectivity index (χ1n) is 5.44. The Morgan fingerprint density at radius 2 is 1.89 bits per heavy atom. The zero-order chi connectivity index (χ0) is 14.0. The Morgan fingerprint density at radius 1 is 1.26 bits per heavy atom. The fourth-order valence-corrected chi connectivity index (χ4v) is 2.09. The lowest BCUT2D eigenvalue weighted by molar-refractivity contribution is -0.172. The number of methoxy groups -OCH3 is 1. The summed E-state index contributed by atoms with van der Waals surface area (Å²) in [5.41, 5.74) is 0.162. The molecule has 7 heteroatoms. The second-order valence-electron chi connectivity index (χ2n) is 3.81. The van der Waals surface area contributed by atoms with E-state index < -0.39 is 17.8 Å². The Bertz CT molecular complexity index is 541. The SMILES string of the molecule is COc1cc(I)ccc1C(=O)ON1C(=O)CCC1=O. The predicted octanol–water partition coefficient (Wildman–Crippen LogP) is 1.52. The van der Waals surface area contributed by atoms with Crippen molar-refractivity contribution in [1.82, 2.24) is 5.06 Å². The zero-order valence-corrected chi connectivity index (χ0v) is 12.2. The summed E-state index contributed by atoms with van der Waals surface area (Å²) in [6.45, 7) is 0. The highest BCUT2D eigenvalue weighted by molar-refractivity contribution is 14.1. The molecule has 0 aliphatic carbocycles. The molecule has 1 aliphatic rings. The van der Waals surface area contributed by atoms with Crippen molar-refractivity contribution >= 4 is 40.4 Å². The number of carbonyl (C=O) groups is 3. The number of hydrogen-bond donors (Lipinski definition) is 0. The van der Waals surface area contributed by atoms with Gasteiger partial charge in [-0.1, -0.05) is 0 Å². The van der Waals surface area contributed by atoms with Crippen molar-refractivity contribution in [3.63, 3.8) is 0 Å². The van der Waals surface area contributed by atoms with Crippen molar-refractivity contribution in [2.75, 3.05) is 7.11 Å². The fraction of sp³-hybridized carbons (Fsp3) is 0.250. The molecule has 1 aromatic rings. The Labute approximate surface area is 122 Å². The quantitative estimate of drug-likeness (QED) is 0.592. The topological polar surface area (TPSA) is 72.9 Å². The highest BCUT2D eigenvalue weighted by atomic mass is 127. The Balaban J connectivity index is 2.20. The van der Waals surface area contributed by atoms with Crippen molar-refractivity contribution in [2.24, 2.45) is 0 Å². The number of hydrogen-bond acceptors (Lipinski definition) is 5. The second kappa shape index (κ2) is 5.55. The van der Waals surface area contributed by atoms with Gasteiger partial charge in [-0.25, -0.2) is 4.79 Å². The molecule has 0 spiro atoms. The molecule has 1 heterocycles. The van der Waals surface area contributed by atoms with Crippen molar-refractivity contribution < 1.29 is 24.0 Å². The number of ether oxygens (including phenoxy) is 1. The summed E-state index contributed by atoms with van der Waals surface area (Å²) in [6, 6.07) is 4.88. The molecule has 6 nitrogen and oxygen atoms in total. The van der Waals surface area contributed by atoms with E-state index in [1.165, 1.54) is 13.2 Å². The van der Waals surface area contributed by atoms with Crippen LogP contribution in [0.15, 0.2) is 18.2 Å². The van der Waals surface area contributed by atoms with Gasteiger partial charge in [0.15, 0.2) is 0 Å². The van der Waals surface area contributed by atoms with Gasteiger partial charge in [0.25, 0.3) is 11.8 Å². The van der Waals surface area contributed by atoms with Crippen molar-refractivity contribution in [2.45, 2.75) is 12.8 Å². The first-order chi connectivity index (χ1) is 9.02. The van der Waals surface area contributed by atoms with Gasteiger partial charge in [0.05, 0.1) is 7.11 Å². The van der Waals surface area contributed by atoms with E-state index in [0.29, 0.717) is 10.8 Å². The van der Waals surface area contributed by atoms with Crippen molar-refractivity contribution in [3.05, 3.63) is 27.3 Å². The first-order valence-corrected chi connectivity index (χ1v) is 6.52. The van der Waals surface area contributed by atoms with E-state index in [-0.39, 0.29) is 18.4 Å². The number of hydroxylamine groups is 2. The van der Waals surface area contributed by atoms with Crippen molar-refractivity contribution in [3.8, 4) is 5.75 Å². The van der Waals surface area contributed by atoms with Crippen LogP contribution in [0, 0.1) is 3.57 Å². The van der Waals surface area contributed by atoms with E-state index in [2.05, 4.69) is 22.6 Å². The highest BCUT2D eigenvalue weighted by Crippen LogP contribution is 2.23. The van der Waals surface area contributed by atoms with E-state index in [9.17, 15) is 14.4 Å². The Kier molecular flexibility index (Phi) is 4.03. The molecule has 1 fully saturated rings. The molecule has 0 atom stereocenters. The number of carbonyl (C=O) groups excluding carboxylic acids is 3. The van der Waals surface area contributed by atoms with E-state index in [0.717, 1.165) is 3.57 Å². The molecular formula is C12H10INO5. The summed E-state index contributed by atoms with van der Waals surface area (Å²) in [5.74, 6) is -1.49. The van der Waals surface area contributed by atoms with Crippen molar-refractivity contribution in [1.29, 1.82) is 0 Å². The summed E-state index contributed by atoms with van der Waals surface area (Å²) in [4.78, 5) is 39.5. The molecule has 0 aromatic heterocycles. The van der Waals surface area contributed by atoms with Crippen LogP contribution in [-0.2, 0) is 14.4 Å². The lowest BCUT2D eigenvalue weighted by Crippen LogP contribution is -2.32. The number of rotatable bonds is 3. The van der Waals surface area contributed by atoms with Gasteiger partial charge in [-0.3, -0.25) is 9.59 Å². The molecule has 0 radical (unpaired) electrons. The third-order valence-corrected chi connectivity index (χ3v) is 3.23. The monoisotopic (exact) mass is 375 g/mol. The highest BCUT2D eigenvalue weighted by Gasteiger charge is 2.33. The number of halogens is 1. The molecule has 19 heavy (non-hydrogen) atoms. The molecule has 100 valence electrons. The average Bonchev–Trinajstić information content (AvgIpc) is 2.70. The summed E-state index contributed by atoms with van der Waals surface area (Å²) in [5, 5.41) is 0.514. The maximum atomic E-state index is 11.9. The smallest absolute Gasteiger partial charge is 0.367 e. The minimum atomic E-state index is -0.795. The van der Waals surface area contributed by atoms with Gasteiger partial charge >= 0.3 is 5.97 Å². The molecular weight excluding hydrogens is 365 g/mol. The molecule has 1 aromatic carbocycles. The molecule has 1 aliphatic heterocycles. The van der Waals surface area contributed by atoms with E-state index in [1.54, 1.807) is 12.1 Å². The fourth-order valence-electron chi connectivity index (χ4n) is 1.62. The van der Waals surface area contributed by atoms with Crippen LogP contribution in [0.5, 0.6) is 5.75 Å². The van der Waals surface area contributed by atoms with Gasteiger partial charge in [-0.15, -0.1) is 5.06 Å². The number of benzene rings is 1. The molecule has 0 unspecified atom stereocenters. The van der Waals surface area contributed by atoms with Gasteiger partial charge in [-0.2, -0.15) is 0 Å². The maximum absolute atomic E-state index is 11.9. The average molecular weight is 375 g/mol. The summed E-state index contributed by atoms with van der Waals surface area (Å²) in [7, 11) is 1.42. The Morgan fingerprint density at radius 3 is 2.47 bits per heavy atom. The van der Waals surface area contributed by atoms with Crippen LogP contribution in [0.4, 0.5) is 0 Å². The van der Waals surface area contributed by atoms with Crippen LogP contribution in [0.2, 0.25) is 0 Å². The maximum Gasteiger partial charge on any atom is 0.367 e. The number of imide groups is 1. The largest absolute Gasteiger partial charge is 0.496 e. The van der Waals surface area contributed by atoms with E-state index >= 15 is 0 Å². The van der Waals surface area contributed by atoms with Crippen LogP contribution >= 0.6 is 22.6 Å². The normalized spacial score (nSPS) is 14.7. The first kappa shape index (κ1) is 13.8. The van der Waals surface area contributed by atoms with Crippen LogP contribution in [0.25, 0.3) is 0 Å². The summed E-state index contributed by atoms with van der Waals surface area (Å²) in [6.07, 6.45) is 0.131. The lowest BCUT2D eigenvalue weighted by atomic mass is 10.2. The molecule has 0 bridgehead atoms. The molecule has 0 saturated carbocycles. The summed E-state index contributed by atoms with van der Waals surface area (Å²) < 4.78 is 5.96. The minimum absolute atomic E-state index is 0.0654. The lowest BCUT2D eigenvalue weighted by Gasteiger charge is -2.14. The number of amides is 2. The van der Waals surface area contributed by atoms with Gasteiger partial charge < -0.3 is 9.57 Å². The zero-order valence-electron chi connectivity index (χ0n) is 10.0. The second-order valence-corrected chi connectivity index (χ2v) is 5.05. The van der Waals surface area contributed by atoms with Crippen LogP contribution < -0.4 is 4.74 Å².